The molecule has 0 bridgehead atoms. The topological polar surface area (TPSA) is 30.8 Å². The Kier molecular flexibility index (Phi) is 1.38. The van der Waals surface area contributed by atoms with Gasteiger partial charge in [0.2, 0.25) is 0 Å². The van der Waals surface area contributed by atoms with Crippen molar-refractivity contribution in [3.8, 4) is 0 Å². The summed E-state index contributed by atoms with van der Waals surface area (Å²) < 4.78 is 5.38. The Bertz CT molecular complexity index is 167. The van der Waals surface area contributed by atoms with Crippen LogP contribution in [-0.4, -0.2) is 25.0 Å². The van der Waals surface area contributed by atoms with E-state index in [1.165, 1.54) is 0 Å². The van der Waals surface area contributed by atoms with E-state index in [-0.39, 0.29) is 0 Å². The van der Waals surface area contributed by atoms with Gasteiger partial charge < -0.3 is 9.57 Å². The molecule has 2 heterocycles. The predicted octanol–water partition coefficient (Wildman–Crippen LogP) is 0.798. The molecule has 0 aromatic heterocycles. The van der Waals surface area contributed by atoms with Crippen molar-refractivity contribution in [2.75, 3.05) is 13.2 Å². The summed E-state index contributed by atoms with van der Waals surface area (Å²) in [6.45, 7) is 3.53. The molecule has 1 unspecified atom stereocenters. The van der Waals surface area contributed by atoms with Gasteiger partial charge >= 0.3 is 0 Å². The molecule has 0 aromatic carbocycles. The van der Waals surface area contributed by atoms with Crippen LogP contribution in [0.1, 0.15) is 13.3 Å². The lowest BCUT2D eigenvalue weighted by atomic mass is 9.96. The molecule has 2 atom stereocenters. The van der Waals surface area contributed by atoms with Crippen LogP contribution >= 0.6 is 0 Å². The zero-order valence-electron chi connectivity index (χ0n) is 6.04. The van der Waals surface area contributed by atoms with Gasteiger partial charge in [-0.15, -0.1) is 0 Å². The van der Waals surface area contributed by atoms with Crippen molar-refractivity contribution in [1.29, 1.82) is 0 Å². The summed E-state index contributed by atoms with van der Waals surface area (Å²) in [6.07, 6.45) is 1.45. The highest BCUT2D eigenvalue weighted by atomic mass is 16.6. The lowest BCUT2D eigenvalue weighted by Crippen LogP contribution is -2.31. The zero-order chi connectivity index (χ0) is 6.97. The summed E-state index contributed by atoms with van der Waals surface area (Å²) in [4.78, 5) is 4.95. The van der Waals surface area contributed by atoms with Crippen LogP contribution in [0.4, 0.5) is 0 Å². The maximum absolute atomic E-state index is 5.38. The molecular formula is C7H11NO2. The number of hydrogen-bond donors (Lipinski definition) is 0. The second kappa shape index (κ2) is 2.23. The standard InChI is InChI=1S/C7H11NO2/c1-5-2-6-3-10-8-7(6)4-9-5/h5-6H,2-4H2,1H3/t5-,6?/m0/s1. The maximum atomic E-state index is 5.38. The first-order valence-corrected chi connectivity index (χ1v) is 3.66. The monoisotopic (exact) mass is 141 g/mol. The van der Waals surface area contributed by atoms with E-state index in [0.29, 0.717) is 18.6 Å². The number of oxime groups is 1. The molecule has 10 heavy (non-hydrogen) atoms. The van der Waals surface area contributed by atoms with Gasteiger partial charge in [-0.25, -0.2) is 0 Å². The third-order valence-corrected chi connectivity index (χ3v) is 2.06. The van der Waals surface area contributed by atoms with Gasteiger partial charge in [0.25, 0.3) is 0 Å². The molecule has 0 amide bonds. The highest BCUT2D eigenvalue weighted by Gasteiger charge is 2.29. The van der Waals surface area contributed by atoms with E-state index in [2.05, 4.69) is 12.1 Å². The van der Waals surface area contributed by atoms with Crippen molar-refractivity contribution in [2.45, 2.75) is 19.4 Å². The summed E-state index contributed by atoms with van der Waals surface area (Å²) in [5.74, 6) is 0.545. The molecule has 2 aliphatic heterocycles. The van der Waals surface area contributed by atoms with Crippen LogP contribution < -0.4 is 0 Å². The van der Waals surface area contributed by atoms with Crippen molar-refractivity contribution in [3.05, 3.63) is 0 Å². The number of hydrogen-bond acceptors (Lipinski definition) is 3. The van der Waals surface area contributed by atoms with Crippen LogP contribution in [0.25, 0.3) is 0 Å². The Labute approximate surface area is 60.0 Å². The van der Waals surface area contributed by atoms with Crippen LogP contribution in [0.15, 0.2) is 5.16 Å². The zero-order valence-corrected chi connectivity index (χ0v) is 6.04. The fourth-order valence-corrected chi connectivity index (χ4v) is 1.43. The van der Waals surface area contributed by atoms with E-state index in [1.807, 2.05) is 0 Å². The fraction of sp³-hybridized carbons (Fsp3) is 0.857. The lowest BCUT2D eigenvalue weighted by Gasteiger charge is -2.22. The van der Waals surface area contributed by atoms with Crippen molar-refractivity contribution in [3.63, 3.8) is 0 Å². The fourth-order valence-electron chi connectivity index (χ4n) is 1.43. The van der Waals surface area contributed by atoms with Gasteiger partial charge in [0, 0.05) is 5.92 Å². The Morgan fingerprint density at radius 2 is 2.50 bits per heavy atom. The Morgan fingerprint density at radius 3 is 3.40 bits per heavy atom. The second-order valence-corrected chi connectivity index (χ2v) is 2.93. The molecule has 0 radical (unpaired) electrons. The van der Waals surface area contributed by atoms with Crippen molar-refractivity contribution in [2.24, 2.45) is 11.1 Å². The smallest absolute Gasteiger partial charge is 0.125 e. The third-order valence-electron chi connectivity index (χ3n) is 2.06. The molecule has 0 aromatic rings. The van der Waals surface area contributed by atoms with Gasteiger partial charge in [-0.1, -0.05) is 5.16 Å². The molecule has 0 N–H and O–H groups in total. The first-order valence-electron chi connectivity index (χ1n) is 3.66. The molecule has 1 fully saturated rings. The summed E-state index contributed by atoms with van der Waals surface area (Å²) in [5.41, 5.74) is 1.10. The SMILES string of the molecule is C[C@H]1CC2CON=C2CO1. The lowest BCUT2D eigenvalue weighted by molar-refractivity contribution is 0.0572. The molecule has 2 rings (SSSR count). The van der Waals surface area contributed by atoms with Gasteiger partial charge in [0.05, 0.1) is 18.4 Å². The molecule has 0 saturated carbocycles. The van der Waals surface area contributed by atoms with Crippen LogP contribution in [0, 0.1) is 5.92 Å². The van der Waals surface area contributed by atoms with Gasteiger partial charge in [0.1, 0.15) is 6.61 Å². The van der Waals surface area contributed by atoms with E-state index in [1.54, 1.807) is 0 Å². The Balaban J connectivity index is 2.06. The van der Waals surface area contributed by atoms with Gasteiger partial charge in [0.15, 0.2) is 0 Å². The molecule has 0 spiro atoms. The van der Waals surface area contributed by atoms with Crippen molar-refractivity contribution >= 4 is 5.71 Å². The molecule has 3 heteroatoms. The normalized spacial score (nSPS) is 38.3. The first kappa shape index (κ1) is 6.16. The molecule has 56 valence electrons. The Morgan fingerprint density at radius 1 is 1.60 bits per heavy atom. The van der Waals surface area contributed by atoms with Crippen LogP contribution in [-0.2, 0) is 9.57 Å². The summed E-state index contributed by atoms with van der Waals surface area (Å²) in [7, 11) is 0. The van der Waals surface area contributed by atoms with Gasteiger partial charge in [-0.05, 0) is 13.3 Å². The summed E-state index contributed by atoms with van der Waals surface area (Å²) in [5, 5.41) is 3.88. The van der Waals surface area contributed by atoms with Crippen molar-refractivity contribution < 1.29 is 9.57 Å². The summed E-state index contributed by atoms with van der Waals surface area (Å²) in [6, 6.07) is 0. The predicted molar refractivity (Wildman–Crippen MR) is 36.9 cm³/mol. The van der Waals surface area contributed by atoms with E-state index < -0.39 is 0 Å². The van der Waals surface area contributed by atoms with Gasteiger partial charge in [-0.3, -0.25) is 0 Å². The minimum Gasteiger partial charge on any atom is -0.395 e. The van der Waals surface area contributed by atoms with Crippen LogP contribution in [0.2, 0.25) is 0 Å². The first-order chi connectivity index (χ1) is 4.86. The minimum absolute atomic E-state index is 0.380. The van der Waals surface area contributed by atoms with Gasteiger partial charge in [-0.2, -0.15) is 0 Å². The summed E-state index contributed by atoms with van der Waals surface area (Å²) >= 11 is 0. The second-order valence-electron chi connectivity index (χ2n) is 2.93. The number of fused-ring (bicyclic) bond motifs is 1. The Hall–Kier alpha value is -0.570. The van der Waals surface area contributed by atoms with E-state index in [0.717, 1.165) is 18.7 Å². The molecule has 3 nitrogen and oxygen atoms in total. The third kappa shape index (κ3) is 0.904. The molecule has 2 aliphatic rings. The molecular weight excluding hydrogens is 130 g/mol. The highest BCUT2D eigenvalue weighted by Crippen LogP contribution is 2.22. The molecule has 1 saturated heterocycles. The largest absolute Gasteiger partial charge is 0.395 e. The number of ether oxygens (including phenoxy) is 1. The van der Waals surface area contributed by atoms with E-state index in [9.17, 15) is 0 Å². The average molecular weight is 141 g/mol. The van der Waals surface area contributed by atoms with E-state index in [4.69, 9.17) is 9.57 Å². The highest BCUT2D eigenvalue weighted by molar-refractivity contribution is 5.89. The van der Waals surface area contributed by atoms with E-state index >= 15 is 0 Å². The maximum Gasteiger partial charge on any atom is 0.125 e. The minimum atomic E-state index is 0.380. The van der Waals surface area contributed by atoms with Crippen LogP contribution in [0.5, 0.6) is 0 Å². The number of rotatable bonds is 0. The molecule has 0 aliphatic carbocycles. The van der Waals surface area contributed by atoms with Crippen molar-refractivity contribution in [1.82, 2.24) is 0 Å². The van der Waals surface area contributed by atoms with Crippen LogP contribution in [0.3, 0.4) is 0 Å². The average Bonchev–Trinajstić information content (AvgIpc) is 2.33. The number of nitrogens with zero attached hydrogens (tertiary/aromatic N) is 1. The quantitative estimate of drug-likeness (QED) is 0.499.